The van der Waals surface area contributed by atoms with Gasteiger partial charge in [0.1, 0.15) is 12.3 Å². The highest BCUT2D eigenvalue weighted by Crippen LogP contribution is 2.16. The minimum Gasteiger partial charge on any atom is -0.481 e. The first-order valence-electron chi connectivity index (χ1n) is 6.19. The zero-order chi connectivity index (χ0) is 15.2. The van der Waals surface area contributed by atoms with E-state index in [1.807, 2.05) is 30.3 Å². The fraction of sp³-hybridized carbons (Fsp3) is 0.308. The lowest BCUT2D eigenvalue weighted by molar-refractivity contribution is -0.135. The summed E-state index contributed by atoms with van der Waals surface area (Å²) in [5.41, 5.74) is 3.79. The lowest BCUT2D eigenvalue weighted by Gasteiger charge is -2.33. The lowest BCUT2D eigenvalue weighted by Crippen LogP contribution is -2.48. The van der Waals surface area contributed by atoms with E-state index in [4.69, 9.17) is 14.6 Å². The smallest absolute Gasteiger partial charge is 0.317 e. The SMILES string of the molecule is COC1=NC(OC)N(Nc2ccccc2)C(CC(=O)O)=N1. The molecule has 1 unspecified atom stereocenters. The largest absolute Gasteiger partial charge is 0.481 e. The summed E-state index contributed by atoms with van der Waals surface area (Å²) in [7, 11) is 2.87. The van der Waals surface area contributed by atoms with Crippen LogP contribution in [0.25, 0.3) is 0 Å². The molecule has 1 atom stereocenters. The molecule has 1 aliphatic heterocycles. The number of carbonyl (C=O) groups is 1. The van der Waals surface area contributed by atoms with Crippen LogP contribution in [0.15, 0.2) is 40.3 Å². The number of carboxylic acids is 1. The molecule has 0 bridgehead atoms. The monoisotopic (exact) mass is 292 g/mol. The van der Waals surface area contributed by atoms with Crippen LogP contribution in [0.2, 0.25) is 0 Å². The van der Waals surface area contributed by atoms with Gasteiger partial charge in [-0.15, -0.1) is 0 Å². The summed E-state index contributed by atoms with van der Waals surface area (Å²) in [6, 6.07) is 9.33. The van der Waals surface area contributed by atoms with Gasteiger partial charge in [-0.3, -0.25) is 10.2 Å². The van der Waals surface area contributed by atoms with Crippen LogP contribution in [0.5, 0.6) is 0 Å². The molecule has 0 amide bonds. The summed E-state index contributed by atoms with van der Waals surface area (Å²) in [5, 5.41) is 10.5. The van der Waals surface area contributed by atoms with Crippen LogP contribution in [-0.2, 0) is 14.3 Å². The molecule has 0 spiro atoms. The predicted octanol–water partition coefficient (Wildman–Crippen LogP) is 1.13. The average molecular weight is 292 g/mol. The lowest BCUT2D eigenvalue weighted by atomic mass is 10.3. The Morgan fingerprint density at radius 1 is 1.38 bits per heavy atom. The van der Waals surface area contributed by atoms with Gasteiger partial charge in [-0.25, -0.2) is 5.01 Å². The zero-order valence-corrected chi connectivity index (χ0v) is 11.7. The predicted molar refractivity (Wildman–Crippen MR) is 76.8 cm³/mol. The van der Waals surface area contributed by atoms with Crippen molar-refractivity contribution in [3.05, 3.63) is 30.3 Å². The van der Waals surface area contributed by atoms with Gasteiger partial charge < -0.3 is 14.6 Å². The van der Waals surface area contributed by atoms with Gasteiger partial charge >= 0.3 is 12.0 Å². The summed E-state index contributed by atoms with van der Waals surface area (Å²) in [6.45, 7) is 0. The summed E-state index contributed by atoms with van der Waals surface area (Å²) < 4.78 is 10.2. The van der Waals surface area contributed by atoms with Gasteiger partial charge in [0.2, 0.25) is 0 Å². The molecule has 21 heavy (non-hydrogen) atoms. The number of aliphatic imine (C=N–C) groups is 2. The summed E-state index contributed by atoms with van der Waals surface area (Å²) in [5.74, 6) is -0.772. The van der Waals surface area contributed by atoms with E-state index in [-0.39, 0.29) is 18.3 Å². The van der Waals surface area contributed by atoms with E-state index >= 15 is 0 Å². The number of carboxylic acid groups (broad SMARTS) is 1. The summed E-state index contributed by atoms with van der Waals surface area (Å²) >= 11 is 0. The molecule has 112 valence electrons. The second-order valence-corrected chi connectivity index (χ2v) is 4.12. The van der Waals surface area contributed by atoms with Crippen LogP contribution in [0.4, 0.5) is 5.69 Å². The Morgan fingerprint density at radius 3 is 2.67 bits per heavy atom. The van der Waals surface area contributed by atoms with Crippen molar-refractivity contribution in [2.45, 2.75) is 12.8 Å². The Hall–Kier alpha value is -2.61. The first kappa shape index (κ1) is 14.8. The van der Waals surface area contributed by atoms with Crippen LogP contribution in [0.1, 0.15) is 6.42 Å². The van der Waals surface area contributed by atoms with Crippen molar-refractivity contribution >= 4 is 23.5 Å². The molecule has 8 nitrogen and oxygen atoms in total. The number of methoxy groups -OCH3 is 2. The van der Waals surface area contributed by atoms with E-state index in [0.717, 1.165) is 5.69 Å². The maximum atomic E-state index is 11.0. The molecule has 1 aliphatic rings. The highest BCUT2D eigenvalue weighted by Gasteiger charge is 2.28. The Labute approximate surface area is 121 Å². The van der Waals surface area contributed by atoms with Gasteiger partial charge in [-0.2, -0.15) is 9.98 Å². The number of nitrogens with one attached hydrogen (secondary N) is 1. The van der Waals surface area contributed by atoms with Crippen molar-refractivity contribution in [2.75, 3.05) is 19.6 Å². The molecule has 2 N–H and O–H groups in total. The van der Waals surface area contributed by atoms with Crippen LogP contribution >= 0.6 is 0 Å². The molecule has 1 aromatic rings. The summed E-state index contributed by atoms with van der Waals surface area (Å²) in [6.07, 6.45) is -1.06. The number of hydrogen-bond acceptors (Lipinski definition) is 7. The number of amidine groups is 2. The Balaban J connectivity index is 2.27. The Kier molecular flexibility index (Phi) is 4.72. The number of hydrogen-bond donors (Lipinski definition) is 2. The Bertz CT molecular complexity index is 559. The number of rotatable bonds is 5. The maximum absolute atomic E-state index is 11.0. The number of benzene rings is 1. The van der Waals surface area contributed by atoms with Gasteiger partial charge in [0, 0.05) is 7.11 Å². The number of ether oxygens (including phenoxy) is 2. The van der Waals surface area contributed by atoms with E-state index < -0.39 is 12.3 Å². The van der Waals surface area contributed by atoms with E-state index in [9.17, 15) is 4.79 Å². The first-order chi connectivity index (χ1) is 10.1. The Morgan fingerprint density at radius 2 is 2.10 bits per heavy atom. The summed E-state index contributed by atoms with van der Waals surface area (Å²) in [4.78, 5) is 19.2. The highest BCUT2D eigenvalue weighted by atomic mass is 16.5. The van der Waals surface area contributed by atoms with E-state index in [1.165, 1.54) is 19.2 Å². The quantitative estimate of drug-likeness (QED) is 0.844. The third-order valence-electron chi connectivity index (χ3n) is 2.67. The number of aliphatic carboxylic acids is 1. The third-order valence-corrected chi connectivity index (χ3v) is 2.67. The molecule has 0 aliphatic carbocycles. The first-order valence-corrected chi connectivity index (χ1v) is 6.19. The van der Waals surface area contributed by atoms with Crippen LogP contribution in [0, 0.1) is 0 Å². The van der Waals surface area contributed by atoms with Crippen molar-refractivity contribution in [1.29, 1.82) is 0 Å². The maximum Gasteiger partial charge on any atom is 0.317 e. The molecule has 0 fully saturated rings. The number of hydrazine groups is 1. The van der Waals surface area contributed by atoms with Crippen molar-refractivity contribution in [3.8, 4) is 0 Å². The fourth-order valence-corrected chi connectivity index (χ4v) is 1.76. The molecule has 1 heterocycles. The van der Waals surface area contributed by atoms with Crippen molar-refractivity contribution in [1.82, 2.24) is 5.01 Å². The molecular weight excluding hydrogens is 276 g/mol. The third kappa shape index (κ3) is 3.69. The number of anilines is 1. The zero-order valence-electron chi connectivity index (χ0n) is 11.7. The molecular formula is C13H16N4O4. The second kappa shape index (κ2) is 6.71. The van der Waals surface area contributed by atoms with Crippen LogP contribution in [-0.4, -0.2) is 48.5 Å². The molecule has 0 saturated heterocycles. The minimum atomic E-state index is -1.01. The van der Waals surface area contributed by atoms with E-state index in [0.29, 0.717) is 0 Å². The molecule has 0 radical (unpaired) electrons. The molecule has 1 aromatic carbocycles. The standard InChI is InChI=1S/C13H16N4O4/c1-20-12-14-10(8-11(18)19)17(13(15-12)21-2)16-9-6-4-3-5-7-9/h3-7,13,16H,8H2,1-2H3,(H,18,19). The topological polar surface area (TPSA) is 95.8 Å². The van der Waals surface area contributed by atoms with Gasteiger partial charge in [0.15, 0.2) is 0 Å². The van der Waals surface area contributed by atoms with Gasteiger partial charge in [-0.1, -0.05) is 18.2 Å². The van der Waals surface area contributed by atoms with Gasteiger partial charge in [0.25, 0.3) is 6.35 Å². The van der Waals surface area contributed by atoms with Gasteiger partial charge in [-0.05, 0) is 12.1 Å². The second-order valence-electron chi connectivity index (χ2n) is 4.12. The van der Waals surface area contributed by atoms with Crippen molar-refractivity contribution in [2.24, 2.45) is 9.98 Å². The molecule has 2 rings (SSSR count). The minimum absolute atomic E-state index is 0.0733. The highest BCUT2D eigenvalue weighted by molar-refractivity contribution is 6.03. The van der Waals surface area contributed by atoms with E-state index in [1.54, 1.807) is 0 Å². The fourth-order valence-electron chi connectivity index (χ4n) is 1.76. The normalized spacial score (nSPS) is 17.8. The molecule has 8 heteroatoms. The number of nitrogens with zero attached hydrogens (tertiary/aromatic N) is 3. The van der Waals surface area contributed by atoms with E-state index in [2.05, 4.69) is 15.4 Å². The number of para-hydroxylation sites is 1. The average Bonchev–Trinajstić information content (AvgIpc) is 2.49. The van der Waals surface area contributed by atoms with Crippen molar-refractivity contribution in [3.63, 3.8) is 0 Å². The van der Waals surface area contributed by atoms with Crippen LogP contribution < -0.4 is 5.43 Å². The van der Waals surface area contributed by atoms with Crippen LogP contribution in [0.3, 0.4) is 0 Å². The van der Waals surface area contributed by atoms with Gasteiger partial charge in [0.05, 0.1) is 12.8 Å². The van der Waals surface area contributed by atoms with Crippen molar-refractivity contribution < 1.29 is 19.4 Å². The molecule has 0 saturated carbocycles. The molecule has 0 aromatic heterocycles.